The second kappa shape index (κ2) is 5.77. The van der Waals surface area contributed by atoms with Gasteiger partial charge in [-0.15, -0.1) is 0 Å². The molecule has 3 nitrogen and oxygen atoms in total. The molecule has 0 aliphatic carbocycles. The zero-order valence-corrected chi connectivity index (χ0v) is 11.3. The first-order chi connectivity index (χ1) is 7.91. The van der Waals surface area contributed by atoms with Crippen LogP contribution in [0, 0.1) is 20.8 Å². The van der Waals surface area contributed by atoms with Gasteiger partial charge >= 0.3 is 0 Å². The average Bonchev–Trinajstić information content (AvgIpc) is 2.14. The Balaban J connectivity index is 2.79. The summed E-state index contributed by atoms with van der Waals surface area (Å²) in [7, 11) is 0. The smallest absolute Gasteiger partial charge is 0.251 e. The van der Waals surface area contributed by atoms with Crippen LogP contribution in [-0.4, -0.2) is 17.4 Å². The van der Waals surface area contributed by atoms with Crippen LogP contribution in [0.15, 0.2) is 12.1 Å². The predicted molar refractivity (Wildman–Crippen MR) is 74.4 cm³/mol. The van der Waals surface area contributed by atoms with E-state index in [1.165, 1.54) is 5.56 Å². The van der Waals surface area contributed by atoms with Gasteiger partial charge in [0.15, 0.2) is 0 Å². The van der Waals surface area contributed by atoms with Crippen molar-refractivity contribution in [1.82, 2.24) is 5.32 Å². The van der Waals surface area contributed by atoms with Gasteiger partial charge in [0.1, 0.15) is 0 Å². The molecule has 0 unspecified atom stereocenters. The number of benzene rings is 1. The Morgan fingerprint density at radius 1 is 1.29 bits per heavy atom. The molecule has 92 valence electrons. The Labute approximate surface area is 107 Å². The second-order valence-corrected chi connectivity index (χ2v) is 4.77. The summed E-state index contributed by atoms with van der Waals surface area (Å²) >= 11 is 4.76. The maximum Gasteiger partial charge on any atom is 0.251 e. The van der Waals surface area contributed by atoms with Gasteiger partial charge in [-0.25, -0.2) is 0 Å². The molecule has 0 aromatic heterocycles. The quantitative estimate of drug-likeness (QED) is 0.804. The van der Waals surface area contributed by atoms with Crippen molar-refractivity contribution in [3.63, 3.8) is 0 Å². The third kappa shape index (κ3) is 3.82. The van der Waals surface area contributed by atoms with Crippen LogP contribution in [0.3, 0.4) is 0 Å². The molecule has 0 radical (unpaired) electrons. The molecule has 1 amide bonds. The topological polar surface area (TPSA) is 55.1 Å². The lowest BCUT2D eigenvalue weighted by Crippen LogP contribution is -2.28. The van der Waals surface area contributed by atoms with Crippen molar-refractivity contribution in [2.75, 3.05) is 6.54 Å². The van der Waals surface area contributed by atoms with E-state index in [4.69, 9.17) is 18.0 Å². The summed E-state index contributed by atoms with van der Waals surface area (Å²) in [6, 6.07) is 4.02. The second-order valence-electron chi connectivity index (χ2n) is 4.25. The fourth-order valence-corrected chi connectivity index (χ4v) is 2.03. The number of hydrogen-bond donors (Lipinski definition) is 2. The Hall–Kier alpha value is -1.42. The van der Waals surface area contributed by atoms with E-state index in [-0.39, 0.29) is 5.91 Å². The van der Waals surface area contributed by atoms with E-state index in [0.29, 0.717) is 18.0 Å². The van der Waals surface area contributed by atoms with Gasteiger partial charge in [-0.3, -0.25) is 4.79 Å². The van der Waals surface area contributed by atoms with Gasteiger partial charge in [-0.1, -0.05) is 29.9 Å². The van der Waals surface area contributed by atoms with Gasteiger partial charge < -0.3 is 11.1 Å². The third-order valence-electron chi connectivity index (χ3n) is 2.56. The predicted octanol–water partition coefficient (Wildman–Crippen LogP) is 2.02. The lowest BCUT2D eigenvalue weighted by Gasteiger charge is -2.11. The molecule has 0 saturated carbocycles. The van der Waals surface area contributed by atoms with Crippen molar-refractivity contribution in [2.24, 2.45) is 5.73 Å². The zero-order chi connectivity index (χ0) is 13.0. The van der Waals surface area contributed by atoms with Gasteiger partial charge in [-0.05, 0) is 31.9 Å². The number of thiocarbonyl (C=S) groups is 1. The minimum absolute atomic E-state index is 0.0590. The van der Waals surface area contributed by atoms with Crippen LogP contribution in [-0.2, 0) is 0 Å². The van der Waals surface area contributed by atoms with Crippen molar-refractivity contribution in [1.29, 1.82) is 0 Å². The van der Waals surface area contributed by atoms with Crippen molar-refractivity contribution >= 4 is 23.1 Å². The van der Waals surface area contributed by atoms with Crippen LogP contribution in [0.1, 0.15) is 33.5 Å². The highest BCUT2D eigenvalue weighted by molar-refractivity contribution is 7.80. The number of rotatable bonds is 4. The van der Waals surface area contributed by atoms with Crippen LogP contribution in [0.4, 0.5) is 0 Å². The Morgan fingerprint density at radius 3 is 2.29 bits per heavy atom. The van der Waals surface area contributed by atoms with Gasteiger partial charge in [0, 0.05) is 18.5 Å². The fraction of sp³-hybridized carbons (Fsp3) is 0.385. The highest BCUT2D eigenvalue weighted by Crippen LogP contribution is 2.16. The Morgan fingerprint density at radius 2 is 1.82 bits per heavy atom. The molecule has 4 heteroatoms. The van der Waals surface area contributed by atoms with E-state index < -0.39 is 0 Å². The van der Waals surface area contributed by atoms with E-state index in [9.17, 15) is 4.79 Å². The lowest BCUT2D eigenvalue weighted by molar-refractivity contribution is 0.0953. The van der Waals surface area contributed by atoms with Crippen molar-refractivity contribution in [3.05, 3.63) is 34.4 Å². The van der Waals surface area contributed by atoms with Gasteiger partial charge in [-0.2, -0.15) is 0 Å². The molecule has 0 spiro atoms. The van der Waals surface area contributed by atoms with E-state index in [2.05, 4.69) is 5.32 Å². The Kier molecular flexibility index (Phi) is 4.63. The number of carbonyl (C=O) groups excluding carboxylic acids is 1. The van der Waals surface area contributed by atoms with Gasteiger partial charge in [0.25, 0.3) is 5.91 Å². The molecule has 0 bridgehead atoms. The molecule has 0 saturated heterocycles. The van der Waals surface area contributed by atoms with E-state index in [0.717, 1.165) is 16.7 Å². The van der Waals surface area contributed by atoms with Crippen LogP contribution in [0.25, 0.3) is 0 Å². The third-order valence-corrected chi connectivity index (χ3v) is 2.77. The summed E-state index contributed by atoms with van der Waals surface area (Å²) in [6.45, 7) is 6.40. The monoisotopic (exact) mass is 250 g/mol. The maximum absolute atomic E-state index is 12.0. The molecule has 1 aromatic rings. The largest absolute Gasteiger partial charge is 0.393 e. The van der Waals surface area contributed by atoms with Crippen molar-refractivity contribution < 1.29 is 4.79 Å². The molecular formula is C13H18N2OS. The van der Waals surface area contributed by atoms with Crippen LogP contribution < -0.4 is 11.1 Å². The van der Waals surface area contributed by atoms with Crippen molar-refractivity contribution in [2.45, 2.75) is 27.2 Å². The van der Waals surface area contributed by atoms with E-state index in [1.54, 1.807) is 0 Å². The highest BCUT2D eigenvalue weighted by atomic mass is 32.1. The molecule has 3 N–H and O–H groups in total. The molecular weight excluding hydrogens is 232 g/mol. The number of amides is 1. The Bertz CT molecular complexity index is 432. The van der Waals surface area contributed by atoms with Gasteiger partial charge in [0.05, 0.1) is 4.99 Å². The number of nitrogens with two attached hydrogens (primary N) is 1. The first-order valence-electron chi connectivity index (χ1n) is 5.56. The number of carbonyl (C=O) groups is 1. The zero-order valence-electron chi connectivity index (χ0n) is 10.5. The van der Waals surface area contributed by atoms with E-state index >= 15 is 0 Å². The SMILES string of the molecule is Cc1cc(C)c(C(=O)NCCC(N)=S)c(C)c1. The average molecular weight is 250 g/mol. The molecule has 0 atom stereocenters. The molecule has 0 fully saturated rings. The molecule has 0 aliphatic heterocycles. The first kappa shape index (κ1) is 13.6. The highest BCUT2D eigenvalue weighted by Gasteiger charge is 2.11. The maximum atomic E-state index is 12.0. The summed E-state index contributed by atoms with van der Waals surface area (Å²) in [5, 5.41) is 2.82. The number of hydrogen-bond acceptors (Lipinski definition) is 2. The normalized spacial score (nSPS) is 10.1. The molecule has 0 heterocycles. The standard InChI is InChI=1S/C13H18N2OS/c1-8-6-9(2)12(10(3)7-8)13(16)15-5-4-11(14)17/h6-7H,4-5H2,1-3H3,(H2,14,17)(H,15,16). The van der Waals surface area contributed by atoms with E-state index in [1.807, 2.05) is 32.9 Å². The summed E-state index contributed by atoms with van der Waals surface area (Å²) in [4.78, 5) is 12.4. The number of nitrogens with one attached hydrogen (secondary N) is 1. The van der Waals surface area contributed by atoms with Gasteiger partial charge in [0.2, 0.25) is 0 Å². The summed E-state index contributed by atoms with van der Waals surface area (Å²) < 4.78 is 0. The lowest BCUT2D eigenvalue weighted by atomic mass is 9.99. The summed E-state index contributed by atoms with van der Waals surface area (Å²) in [6.07, 6.45) is 0.533. The van der Waals surface area contributed by atoms with Crippen LogP contribution in [0.2, 0.25) is 0 Å². The fourth-order valence-electron chi connectivity index (χ4n) is 1.93. The minimum atomic E-state index is -0.0590. The van der Waals surface area contributed by atoms with Crippen LogP contribution in [0.5, 0.6) is 0 Å². The van der Waals surface area contributed by atoms with Crippen LogP contribution >= 0.6 is 12.2 Å². The van der Waals surface area contributed by atoms with Crippen molar-refractivity contribution in [3.8, 4) is 0 Å². The molecule has 1 rings (SSSR count). The summed E-state index contributed by atoms with van der Waals surface area (Å²) in [5.41, 5.74) is 9.28. The summed E-state index contributed by atoms with van der Waals surface area (Å²) in [5.74, 6) is -0.0590. The number of aryl methyl sites for hydroxylation is 3. The molecule has 0 aliphatic rings. The molecule has 17 heavy (non-hydrogen) atoms. The minimum Gasteiger partial charge on any atom is -0.393 e. The molecule has 1 aromatic carbocycles. The first-order valence-corrected chi connectivity index (χ1v) is 5.97.